The van der Waals surface area contributed by atoms with Gasteiger partial charge in [0, 0.05) is 17.8 Å². The molecule has 0 spiro atoms. The predicted molar refractivity (Wildman–Crippen MR) is 165 cm³/mol. The van der Waals surface area contributed by atoms with E-state index in [0.29, 0.717) is 17.0 Å². The normalized spacial score (nSPS) is 11.7. The SMILES string of the molecule is COc1ccc(Cl)c(Oc2c(NS(=O)(=O)c3ccc(C(C)(C)C)cc3)nc(-c3ccnc(-c4nn[nH]n4)c3)nc2OCCO)c1. The minimum absolute atomic E-state index is 0.0119. The third-order valence-corrected chi connectivity index (χ3v) is 8.04. The second-order valence-electron chi connectivity index (χ2n) is 10.5. The summed E-state index contributed by atoms with van der Waals surface area (Å²) in [6.07, 6.45) is 1.49. The number of halogens is 1. The van der Waals surface area contributed by atoms with Gasteiger partial charge >= 0.3 is 0 Å². The highest BCUT2D eigenvalue weighted by Gasteiger charge is 2.26. The summed E-state index contributed by atoms with van der Waals surface area (Å²) in [5.74, 6) is 0.165. The zero-order valence-corrected chi connectivity index (χ0v) is 26.2. The predicted octanol–water partition coefficient (Wildman–Crippen LogP) is 4.64. The van der Waals surface area contributed by atoms with E-state index in [9.17, 15) is 13.5 Å². The summed E-state index contributed by atoms with van der Waals surface area (Å²) >= 11 is 6.42. The van der Waals surface area contributed by atoms with Crippen LogP contribution in [0.15, 0.2) is 65.7 Å². The summed E-state index contributed by atoms with van der Waals surface area (Å²) < 4.78 is 47.1. The van der Waals surface area contributed by atoms with Crippen molar-refractivity contribution in [2.75, 3.05) is 25.0 Å². The zero-order chi connectivity index (χ0) is 32.2. The van der Waals surface area contributed by atoms with Gasteiger partial charge in [-0.15, -0.1) is 10.2 Å². The molecule has 0 amide bonds. The Bertz CT molecular complexity index is 1900. The third-order valence-electron chi connectivity index (χ3n) is 6.37. The molecule has 16 heteroatoms. The van der Waals surface area contributed by atoms with E-state index in [1.54, 1.807) is 36.4 Å². The lowest BCUT2D eigenvalue weighted by Crippen LogP contribution is -2.17. The fourth-order valence-electron chi connectivity index (χ4n) is 4.04. The average Bonchev–Trinajstić information content (AvgIpc) is 3.57. The number of ether oxygens (including phenoxy) is 3. The molecule has 0 aliphatic heterocycles. The second-order valence-corrected chi connectivity index (χ2v) is 12.6. The third kappa shape index (κ3) is 7.28. The number of H-pyrrole nitrogens is 1. The number of hydrogen-bond donors (Lipinski definition) is 3. The highest BCUT2D eigenvalue weighted by atomic mass is 35.5. The van der Waals surface area contributed by atoms with Gasteiger partial charge in [0.2, 0.25) is 11.6 Å². The number of pyridine rings is 1. The molecule has 0 fully saturated rings. The Balaban J connectivity index is 1.66. The van der Waals surface area contributed by atoms with Gasteiger partial charge in [0.05, 0.1) is 23.6 Å². The van der Waals surface area contributed by atoms with E-state index in [-0.39, 0.29) is 63.4 Å². The maximum atomic E-state index is 13.7. The minimum Gasteiger partial charge on any atom is -0.497 e. The summed E-state index contributed by atoms with van der Waals surface area (Å²) in [6, 6.07) is 14.4. The Labute approximate surface area is 263 Å². The van der Waals surface area contributed by atoms with Crippen LogP contribution in [0.3, 0.4) is 0 Å². The number of aromatic nitrogens is 7. The standard InChI is InChI=1S/C29H29ClN8O6S/c1-29(2,3)18-5-8-20(9-6-18)45(40,41)36-27-24(44-23-16-19(42-4)7-10-21(23)30)28(43-14-13-39)33-25(32-27)17-11-12-31-22(15-17)26-34-37-38-35-26/h5-12,15-16,39H,13-14H2,1-4H3,(H,32,33,36)(H,34,35,37,38). The van der Waals surface area contributed by atoms with Crippen molar-refractivity contribution in [1.82, 2.24) is 35.6 Å². The molecule has 0 aliphatic carbocycles. The molecular weight excluding hydrogens is 624 g/mol. The van der Waals surface area contributed by atoms with Gasteiger partial charge in [0.1, 0.15) is 23.8 Å². The van der Waals surface area contributed by atoms with Gasteiger partial charge in [-0.05, 0) is 52.6 Å². The molecule has 3 aromatic heterocycles. The zero-order valence-electron chi connectivity index (χ0n) is 24.6. The maximum absolute atomic E-state index is 13.7. The van der Waals surface area contributed by atoms with Crippen LogP contribution in [0.4, 0.5) is 5.82 Å². The smallest absolute Gasteiger partial charge is 0.263 e. The molecule has 0 bridgehead atoms. The number of aliphatic hydroxyl groups excluding tert-OH is 1. The molecule has 5 rings (SSSR count). The van der Waals surface area contributed by atoms with Crippen LogP contribution in [0.1, 0.15) is 26.3 Å². The van der Waals surface area contributed by atoms with Crippen molar-refractivity contribution in [3.8, 4) is 46.0 Å². The van der Waals surface area contributed by atoms with Crippen LogP contribution in [0, 0.1) is 0 Å². The van der Waals surface area contributed by atoms with E-state index >= 15 is 0 Å². The first-order chi connectivity index (χ1) is 21.5. The first-order valence-corrected chi connectivity index (χ1v) is 15.4. The monoisotopic (exact) mass is 652 g/mol. The lowest BCUT2D eigenvalue weighted by molar-refractivity contribution is 0.193. The highest BCUT2D eigenvalue weighted by molar-refractivity contribution is 7.92. The molecular formula is C29H29ClN8O6S. The highest BCUT2D eigenvalue weighted by Crippen LogP contribution is 2.42. The first kappa shape index (κ1) is 31.6. The van der Waals surface area contributed by atoms with Crippen LogP contribution in [-0.2, 0) is 15.4 Å². The fraction of sp³-hybridized carbons (Fsp3) is 0.241. The number of hydrogen-bond acceptors (Lipinski definition) is 12. The van der Waals surface area contributed by atoms with Crippen LogP contribution >= 0.6 is 11.6 Å². The Kier molecular flexibility index (Phi) is 9.13. The Hall–Kier alpha value is -4.86. The Morgan fingerprint density at radius 3 is 2.47 bits per heavy atom. The molecule has 3 N–H and O–H groups in total. The lowest BCUT2D eigenvalue weighted by atomic mass is 9.87. The van der Waals surface area contributed by atoms with Gasteiger partial charge in [0.15, 0.2) is 11.6 Å². The number of methoxy groups -OCH3 is 1. The molecule has 3 heterocycles. The molecule has 14 nitrogen and oxygen atoms in total. The van der Waals surface area contributed by atoms with Gasteiger partial charge in [-0.2, -0.15) is 10.2 Å². The van der Waals surface area contributed by atoms with Crippen molar-refractivity contribution in [3.05, 3.63) is 71.4 Å². The quantitative estimate of drug-likeness (QED) is 0.180. The molecule has 0 saturated heterocycles. The number of sulfonamides is 1. The van der Waals surface area contributed by atoms with Gasteiger partial charge in [0.25, 0.3) is 15.9 Å². The van der Waals surface area contributed by atoms with Gasteiger partial charge in [-0.3, -0.25) is 9.71 Å². The largest absolute Gasteiger partial charge is 0.497 e. The van der Waals surface area contributed by atoms with Crippen LogP contribution < -0.4 is 18.9 Å². The summed E-state index contributed by atoms with van der Waals surface area (Å²) in [5.41, 5.74) is 1.54. The van der Waals surface area contributed by atoms with E-state index in [1.165, 1.54) is 31.5 Å². The molecule has 45 heavy (non-hydrogen) atoms. The van der Waals surface area contributed by atoms with Crippen LogP contribution in [0.25, 0.3) is 22.9 Å². The maximum Gasteiger partial charge on any atom is 0.263 e. The molecule has 0 saturated carbocycles. The van der Waals surface area contributed by atoms with Gasteiger partial charge < -0.3 is 19.3 Å². The van der Waals surface area contributed by atoms with Crippen molar-refractivity contribution in [2.24, 2.45) is 0 Å². The van der Waals surface area contributed by atoms with Crippen molar-refractivity contribution in [3.63, 3.8) is 0 Å². The number of aromatic amines is 1. The van der Waals surface area contributed by atoms with Gasteiger partial charge in [-0.1, -0.05) is 44.5 Å². The van der Waals surface area contributed by atoms with Crippen molar-refractivity contribution >= 4 is 27.4 Å². The number of nitrogens with one attached hydrogen (secondary N) is 2. The molecule has 5 aromatic rings. The summed E-state index contributed by atoms with van der Waals surface area (Å²) in [4.78, 5) is 13.3. The molecule has 0 aliphatic rings. The number of anilines is 1. The van der Waals surface area contributed by atoms with Crippen LogP contribution in [-0.4, -0.2) is 69.4 Å². The minimum atomic E-state index is -4.22. The Morgan fingerprint density at radius 2 is 1.80 bits per heavy atom. The first-order valence-electron chi connectivity index (χ1n) is 13.5. The van der Waals surface area contributed by atoms with E-state index in [0.717, 1.165) is 5.56 Å². The number of rotatable bonds is 11. The molecule has 0 atom stereocenters. The van der Waals surface area contributed by atoms with Crippen LogP contribution in [0.2, 0.25) is 5.02 Å². The van der Waals surface area contributed by atoms with E-state index < -0.39 is 10.0 Å². The van der Waals surface area contributed by atoms with E-state index in [2.05, 4.69) is 40.3 Å². The Morgan fingerprint density at radius 1 is 1.02 bits per heavy atom. The molecule has 0 radical (unpaired) electrons. The lowest BCUT2D eigenvalue weighted by Gasteiger charge is -2.20. The fourth-order valence-corrected chi connectivity index (χ4v) is 5.20. The molecule has 2 aromatic carbocycles. The van der Waals surface area contributed by atoms with E-state index in [1.807, 2.05) is 20.8 Å². The van der Waals surface area contributed by atoms with Gasteiger partial charge in [-0.25, -0.2) is 13.4 Å². The number of nitrogens with zero attached hydrogens (tertiary/aromatic N) is 6. The summed E-state index contributed by atoms with van der Waals surface area (Å²) in [7, 11) is -2.75. The summed E-state index contributed by atoms with van der Waals surface area (Å²) in [6.45, 7) is 5.53. The molecule has 0 unspecified atom stereocenters. The van der Waals surface area contributed by atoms with E-state index in [4.69, 9.17) is 25.8 Å². The topological polar surface area (TPSA) is 187 Å². The second kappa shape index (κ2) is 13.0. The van der Waals surface area contributed by atoms with Crippen molar-refractivity contribution in [2.45, 2.75) is 31.1 Å². The number of aliphatic hydroxyl groups is 1. The van der Waals surface area contributed by atoms with Crippen LogP contribution in [0.5, 0.6) is 23.1 Å². The number of tetrazole rings is 1. The molecule has 234 valence electrons. The van der Waals surface area contributed by atoms with Crippen molar-refractivity contribution in [1.29, 1.82) is 0 Å². The average molecular weight is 653 g/mol. The summed E-state index contributed by atoms with van der Waals surface area (Å²) in [5, 5.41) is 23.6. The van der Waals surface area contributed by atoms with Crippen molar-refractivity contribution < 1.29 is 27.7 Å². The number of benzene rings is 2.